The Labute approximate surface area is 158 Å². The van der Waals surface area contributed by atoms with Crippen LogP contribution in [0.3, 0.4) is 0 Å². The highest BCUT2D eigenvalue weighted by Crippen LogP contribution is 2.29. The molecule has 4 heterocycles. The van der Waals surface area contributed by atoms with E-state index < -0.39 is 0 Å². The Morgan fingerprint density at radius 3 is 2.93 bits per heavy atom. The zero-order valence-corrected chi connectivity index (χ0v) is 16.4. The zero-order valence-electron chi connectivity index (χ0n) is 16.4. The van der Waals surface area contributed by atoms with Gasteiger partial charge in [-0.05, 0) is 51.7 Å². The molecule has 27 heavy (non-hydrogen) atoms. The number of hydrogen-bond donors (Lipinski definition) is 1. The number of aromatic amines is 1. The van der Waals surface area contributed by atoms with Crippen molar-refractivity contribution in [2.75, 3.05) is 13.1 Å². The zero-order chi connectivity index (χ0) is 19.1. The van der Waals surface area contributed by atoms with E-state index >= 15 is 0 Å². The second-order valence-corrected chi connectivity index (χ2v) is 7.49. The van der Waals surface area contributed by atoms with Crippen molar-refractivity contribution >= 4 is 11.6 Å². The molecule has 1 N–H and O–H groups in total. The summed E-state index contributed by atoms with van der Waals surface area (Å²) < 4.78 is 1.78. The summed E-state index contributed by atoms with van der Waals surface area (Å²) in [6.45, 7) is 9.44. The van der Waals surface area contributed by atoms with E-state index in [1.165, 1.54) is 11.3 Å². The minimum Gasteiger partial charge on any atom is -0.338 e. The van der Waals surface area contributed by atoms with Crippen LogP contribution < -0.4 is 0 Å². The van der Waals surface area contributed by atoms with E-state index in [0.29, 0.717) is 23.7 Å². The third-order valence-electron chi connectivity index (χ3n) is 5.53. The highest BCUT2D eigenvalue weighted by molar-refractivity contribution is 6.01. The normalized spacial score (nSPS) is 17.6. The highest BCUT2D eigenvalue weighted by atomic mass is 16.2. The van der Waals surface area contributed by atoms with Gasteiger partial charge in [0.05, 0.1) is 11.9 Å². The molecular weight excluding hydrogens is 340 g/mol. The second-order valence-electron chi connectivity index (χ2n) is 7.49. The number of aromatic nitrogens is 5. The number of nitrogens with zero attached hydrogens (tertiary/aromatic N) is 5. The number of amides is 1. The van der Waals surface area contributed by atoms with E-state index in [-0.39, 0.29) is 5.91 Å². The van der Waals surface area contributed by atoms with Crippen molar-refractivity contribution in [3.8, 4) is 0 Å². The van der Waals surface area contributed by atoms with Gasteiger partial charge in [0, 0.05) is 36.1 Å². The van der Waals surface area contributed by atoms with Gasteiger partial charge in [-0.15, -0.1) is 0 Å². The summed E-state index contributed by atoms with van der Waals surface area (Å²) in [7, 11) is 0. The van der Waals surface area contributed by atoms with Crippen LogP contribution in [0.25, 0.3) is 5.65 Å². The largest absolute Gasteiger partial charge is 0.338 e. The fraction of sp³-hybridized carbons (Fsp3) is 0.500. The summed E-state index contributed by atoms with van der Waals surface area (Å²) in [6.07, 6.45) is 4.92. The van der Waals surface area contributed by atoms with Gasteiger partial charge in [0.2, 0.25) is 0 Å². The molecule has 1 fully saturated rings. The number of hydrogen-bond acceptors (Lipinski definition) is 4. The molecule has 7 heteroatoms. The van der Waals surface area contributed by atoms with E-state index in [9.17, 15) is 4.79 Å². The first-order valence-corrected chi connectivity index (χ1v) is 9.64. The minimum absolute atomic E-state index is 0.0299. The fourth-order valence-corrected chi connectivity index (χ4v) is 4.19. The summed E-state index contributed by atoms with van der Waals surface area (Å²) in [5.74, 6) is 0.334. The summed E-state index contributed by atoms with van der Waals surface area (Å²) in [5, 5.41) is 11.9. The SMILES string of the molecule is CCc1cn[nH]c1[C@@H]1CCCN(C(=O)c2c(C)nn3c(C)cc(C)nc23)C1. The molecule has 1 aliphatic rings. The first kappa shape index (κ1) is 17.7. The van der Waals surface area contributed by atoms with E-state index in [0.717, 1.165) is 42.9 Å². The van der Waals surface area contributed by atoms with Gasteiger partial charge in [-0.1, -0.05) is 6.92 Å². The van der Waals surface area contributed by atoms with Crippen molar-refractivity contribution in [1.29, 1.82) is 0 Å². The summed E-state index contributed by atoms with van der Waals surface area (Å²) in [6, 6.07) is 1.98. The van der Waals surface area contributed by atoms with Crippen LogP contribution in [0.2, 0.25) is 0 Å². The van der Waals surface area contributed by atoms with Crippen LogP contribution in [0.15, 0.2) is 12.3 Å². The second kappa shape index (κ2) is 6.79. The van der Waals surface area contributed by atoms with Gasteiger partial charge in [0.1, 0.15) is 5.56 Å². The van der Waals surface area contributed by atoms with Crippen LogP contribution in [0.4, 0.5) is 0 Å². The van der Waals surface area contributed by atoms with Crippen LogP contribution in [-0.2, 0) is 6.42 Å². The summed E-state index contributed by atoms with van der Waals surface area (Å²) in [5.41, 5.74) is 6.33. The molecule has 142 valence electrons. The molecule has 0 saturated carbocycles. The molecular formula is C20H26N6O. The molecule has 1 atom stereocenters. The lowest BCUT2D eigenvalue weighted by atomic mass is 9.91. The number of carbonyl (C=O) groups is 1. The smallest absolute Gasteiger partial charge is 0.259 e. The molecule has 0 aliphatic carbocycles. The Kier molecular flexibility index (Phi) is 4.45. The van der Waals surface area contributed by atoms with Crippen molar-refractivity contribution < 1.29 is 4.79 Å². The van der Waals surface area contributed by atoms with E-state index in [1.807, 2.05) is 37.9 Å². The molecule has 1 amide bonds. The maximum atomic E-state index is 13.4. The maximum Gasteiger partial charge on any atom is 0.259 e. The lowest BCUT2D eigenvalue weighted by molar-refractivity contribution is 0.0706. The molecule has 7 nitrogen and oxygen atoms in total. The Balaban J connectivity index is 1.67. The van der Waals surface area contributed by atoms with Gasteiger partial charge >= 0.3 is 0 Å². The van der Waals surface area contributed by atoms with Crippen molar-refractivity contribution in [3.63, 3.8) is 0 Å². The standard InChI is InChI=1S/C20H26N6O/c1-5-15-10-21-23-18(15)16-7-6-8-25(11-16)20(27)17-14(4)24-26-13(3)9-12(2)22-19(17)26/h9-10,16H,5-8,11H2,1-4H3,(H,21,23)/t16-/m1/s1. The van der Waals surface area contributed by atoms with Crippen molar-refractivity contribution in [3.05, 3.63) is 46.2 Å². The van der Waals surface area contributed by atoms with Gasteiger partial charge < -0.3 is 4.90 Å². The van der Waals surface area contributed by atoms with Crippen LogP contribution in [0.5, 0.6) is 0 Å². The summed E-state index contributed by atoms with van der Waals surface area (Å²) >= 11 is 0. The third-order valence-corrected chi connectivity index (χ3v) is 5.53. The lowest BCUT2D eigenvalue weighted by Gasteiger charge is -2.32. The van der Waals surface area contributed by atoms with Gasteiger partial charge in [0.25, 0.3) is 5.91 Å². The molecule has 1 aliphatic heterocycles. The summed E-state index contributed by atoms with van der Waals surface area (Å²) in [4.78, 5) is 20.0. The van der Waals surface area contributed by atoms with Crippen LogP contribution in [-0.4, -0.2) is 48.7 Å². The van der Waals surface area contributed by atoms with Gasteiger partial charge in [-0.25, -0.2) is 9.50 Å². The van der Waals surface area contributed by atoms with Crippen molar-refractivity contribution in [2.45, 2.75) is 52.9 Å². The molecule has 0 bridgehead atoms. The Bertz CT molecular complexity index is 1000. The lowest BCUT2D eigenvalue weighted by Crippen LogP contribution is -2.39. The highest BCUT2D eigenvalue weighted by Gasteiger charge is 2.30. The average molecular weight is 366 g/mol. The van der Waals surface area contributed by atoms with Crippen LogP contribution in [0, 0.1) is 20.8 Å². The number of carbonyl (C=O) groups excluding carboxylic acids is 1. The molecule has 3 aromatic heterocycles. The third kappa shape index (κ3) is 3.01. The minimum atomic E-state index is 0.0299. The quantitative estimate of drug-likeness (QED) is 0.773. The number of likely N-dealkylation sites (tertiary alicyclic amines) is 1. The van der Waals surface area contributed by atoms with Gasteiger partial charge in [-0.2, -0.15) is 10.2 Å². The fourth-order valence-electron chi connectivity index (χ4n) is 4.19. The van der Waals surface area contributed by atoms with Crippen LogP contribution in [0.1, 0.15) is 64.4 Å². The molecule has 0 radical (unpaired) electrons. The molecule has 0 aromatic carbocycles. The molecule has 0 spiro atoms. The van der Waals surface area contributed by atoms with Crippen molar-refractivity contribution in [1.82, 2.24) is 29.7 Å². The predicted molar refractivity (Wildman–Crippen MR) is 103 cm³/mol. The van der Waals surface area contributed by atoms with E-state index in [2.05, 4.69) is 27.2 Å². The predicted octanol–water partition coefficient (Wildman–Crippen LogP) is 2.96. The van der Waals surface area contributed by atoms with E-state index in [4.69, 9.17) is 0 Å². The maximum absolute atomic E-state index is 13.4. The number of H-pyrrole nitrogens is 1. The van der Waals surface area contributed by atoms with Gasteiger partial charge in [0.15, 0.2) is 5.65 Å². The van der Waals surface area contributed by atoms with E-state index in [1.54, 1.807) is 4.52 Å². The Hall–Kier alpha value is -2.70. The molecule has 0 unspecified atom stereocenters. The van der Waals surface area contributed by atoms with Gasteiger partial charge in [-0.3, -0.25) is 9.89 Å². The molecule has 4 rings (SSSR count). The molecule has 3 aromatic rings. The number of piperidine rings is 1. The number of fused-ring (bicyclic) bond motifs is 1. The van der Waals surface area contributed by atoms with Crippen LogP contribution >= 0.6 is 0 Å². The monoisotopic (exact) mass is 366 g/mol. The number of aryl methyl sites for hydroxylation is 4. The Morgan fingerprint density at radius 2 is 2.15 bits per heavy atom. The molecule has 1 saturated heterocycles. The number of rotatable bonds is 3. The van der Waals surface area contributed by atoms with Crippen molar-refractivity contribution in [2.24, 2.45) is 0 Å². The first-order chi connectivity index (χ1) is 13.0. The average Bonchev–Trinajstić information content (AvgIpc) is 3.25. The topological polar surface area (TPSA) is 79.2 Å². The number of nitrogens with one attached hydrogen (secondary N) is 1. The Morgan fingerprint density at radius 1 is 1.33 bits per heavy atom. The first-order valence-electron chi connectivity index (χ1n) is 9.64.